The molecule has 0 radical (unpaired) electrons. The van der Waals surface area contributed by atoms with Crippen LogP contribution >= 0.6 is 0 Å². The van der Waals surface area contributed by atoms with Gasteiger partial charge in [-0.25, -0.2) is 9.59 Å². The normalized spacial score (nSPS) is 11.3. The van der Waals surface area contributed by atoms with Crippen molar-refractivity contribution in [3.8, 4) is 0 Å². The number of nitrogens with zero attached hydrogens (tertiary/aromatic N) is 1. The van der Waals surface area contributed by atoms with Crippen molar-refractivity contribution >= 4 is 23.5 Å². The van der Waals surface area contributed by atoms with Crippen molar-refractivity contribution in [2.45, 2.75) is 20.0 Å². The SMILES string of the molecule is Cc1ccc(NC(=O)OCC(C)O)cc1N=C=O. The van der Waals surface area contributed by atoms with Crippen molar-refractivity contribution in [3.05, 3.63) is 23.8 Å². The molecular weight excluding hydrogens is 236 g/mol. The Bertz CT molecular complexity index is 479. The molecule has 1 aromatic rings. The van der Waals surface area contributed by atoms with Crippen LogP contribution in [0.1, 0.15) is 12.5 Å². The van der Waals surface area contributed by atoms with E-state index in [0.29, 0.717) is 11.4 Å². The Kier molecular flexibility index (Phi) is 5.05. The predicted molar refractivity (Wildman–Crippen MR) is 65.6 cm³/mol. The highest BCUT2D eigenvalue weighted by molar-refractivity contribution is 5.85. The molecule has 0 aliphatic carbocycles. The van der Waals surface area contributed by atoms with Gasteiger partial charge in [0.25, 0.3) is 0 Å². The Morgan fingerprint density at radius 1 is 1.61 bits per heavy atom. The lowest BCUT2D eigenvalue weighted by atomic mass is 10.2. The van der Waals surface area contributed by atoms with Crippen LogP contribution in [0.2, 0.25) is 0 Å². The van der Waals surface area contributed by atoms with E-state index in [1.54, 1.807) is 19.1 Å². The monoisotopic (exact) mass is 250 g/mol. The molecule has 6 heteroatoms. The molecule has 0 fully saturated rings. The van der Waals surface area contributed by atoms with Crippen LogP contribution in [0.3, 0.4) is 0 Å². The number of rotatable bonds is 4. The molecule has 1 rings (SSSR count). The molecule has 1 atom stereocenters. The molecule has 0 saturated heterocycles. The minimum Gasteiger partial charge on any atom is -0.447 e. The molecule has 1 amide bonds. The van der Waals surface area contributed by atoms with Crippen molar-refractivity contribution in [2.75, 3.05) is 11.9 Å². The molecule has 2 N–H and O–H groups in total. The molecule has 0 aliphatic rings. The molecule has 0 aliphatic heterocycles. The summed E-state index contributed by atoms with van der Waals surface area (Å²) >= 11 is 0. The topological polar surface area (TPSA) is 88.0 Å². The molecule has 0 aromatic heterocycles. The fourth-order valence-electron chi connectivity index (χ4n) is 1.21. The van der Waals surface area contributed by atoms with Crippen LogP contribution in [0.15, 0.2) is 23.2 Å². The van der Waals surface area contributed by atoms with Crippen molar-refractivity contribution in [2.24, 2.45) is 4.99 Å². The summed E-state index contributed by atoms with van der Waals surface area (Å²) in [4.78, 5) is 25.0. The summed E-state index contributed by atoms with van der Waals surface area (Å²) in [5.41, 5.74) is 1.67. The zero-order valence-corrected chi connectivity index (χ0v) is 10.1. The van der Waals surface area contributed by atoms with E-state index in [4.69, 9.17) is 9.84 Å². The van der Waals surface area contributed by atoms with E-state index in [0.717, 1.165) is 5.56 Å². The Hall–Kier alpha value is -2.17. The van der Waals surface area contributed by atoms with Gasteiger partial charge in [-0.15, -0.1) is 0 Å². The van der Waals surface area contributed by atoms with Gasteiger partial charge >= 0.3 is 6.09 Å². The number of aliphatic hydroxyl groups excluding tert-OH is 1. The van der Waals surface area contributed by atoms with E-state index < -0.39 is 12.2 Å². The maximum atomic E-state index is 11.3. The van der Waals surface area contributed by atoms with E-state index >= 15 is 0 Å². The zero-order chi connectivity index (χ0) is 13.5. The number of aliphatic hydroxyl groups is 1. The van der Waals surface area contributed by atoms with Gasteiger partial charge in [-0.3, -0.25) is 5.32 Å². The standard InChI is InChI=1S/C12H14N2O4/c1-8-3-4-10(5-11(8)13-7-15)14-12(17)18-6-9(2)16/h3-5,9,16H,6H2,1-2H3,(H,14,17). The molecule has 96 valence electrons. The third-order valence-corrected chi connectivity index (χ3v) is 2.08. The van der Waals surface area contributed by atoms with Crippen LogP contribution in [-0.4, -0.2) is 30.0 Å². The first kappa shape index (κ1) is 13.9. The molecule has 0 heterocycles. The highest BCUT2D eigenvalue weighted by atomic mass is 16.6. The number of isocyanates is 1. The molecule has 18 heavy (non-hydrogen) atoms. The van der Waals surface area contributed by atoms with Crippen LogP contribution in [0, 0.1) is 6.92 Å². The molecule has 0 bridgehead atoms. The van der Waals surface area contributed by atoms with Crippen LogP contribution < -0.4 is 5.32 Å². The van der Waals surface area contributed by atoms with Gasteiger partial charge in [0.1, 0.15) is 6.61 Å². The Morgan fingerprint density at radius 3 is 2.94 bits per heavy atom. The van der Waals surface area contributed by atoms with Gasteiger partial charge in [-0.2, -0.15) is 4.99 Å². The van der Waals surface area contributed by atoms with Crippen LogP contribution in [0.25, 0.3) is 0 Å². The highest BCUT2D eigenvalue weighted by Crippen LogP contribution is 2.22. The minimum absolute atomic E-state index is 0.0863. The summed E-state index contributed by atoms with van der Waals surface area (Å²) in [5, 5.41) is 11.4. The number of hydrogen-bond donors (Lipinski definition) is 2. The quantitative estimate of drug-likeness (QED) is 0.631. The van der Waals surface area contributed by atoms with Crippen LogP contribution in [0.5, 0.6) is 0 Å². The number of anilines is 1. The van der Waals surface area contributed by atoms with Crippen molar-refractivity contribution in [3.63, 3.8) is 0 Å². The van der Waals surface area contributed by atoms with Gasteiger partial charge in [-0.1, -0.05) is 6.07 Å². The maximum Gasteiger partial charge on any atom is 0.411 e. The number of aryl methyl sites for hydroxylation is 1. The van der Waals surface area contributed by atoms with Crippen molar-refractivity contribution in [1.29, 1.82) is 0 Å². The van der Waals surface area contributed by atoms with E-state index in [1.165, 1.54) is 19.1 Å². The molecule has 0 spiro atoms. The second-order valence-corrected chi connectivity index (χ2v) is 3.78. The third-order valence-electron chi connectivity index (χ3n) is 2.08. The number of carbonyl (C=O) groups is 1. The summed E-state index contributed by atoms with van der Waals surface area (Å²) < 4.78 is 4.73. The third kappa shape index (κ3) is 4.37. The minimum atomic E-state index is -0.719. The highest BCUT2D eigenvalue weighted by Gasteiger charge is 2.06. The molecule has 0 saturated carbocycles. The van der Waals surface area contributed by atoms with Gasteiger partial charge in [0.05, 0.1) is 11.8 Å². The van der Waals surface area contributed by atoms with Crippen LogP contribution in [-0.2, 0) is 9.53 Å². The zero-order valence-electron chi connectivity index (χ0n) is 10.1. The van der Waals surface area contributed by atoms with Gasteiger partial charge in [-0.05, 0) is 31.5 Å². The number of benzene rings is 1. The first-order valence-electron chi connectivity index (χ1n) is 5.33. The number of amides is 1. The molecule has 1 aromatic carbocycles. The van der Waals surface area contributed by atoms with Crippen LogP contribution in [0.4, 0.5) is 16.2 Å². The van der Waals surface area contributed by atoms with Crippen molar-refractivity contribution < 1.29 is 19.4 Å². The second kappa shape index (κ2) is 6.54. The summed E-state index contributed by atoms with van der Waals surface area (Å²) in [6, 6.07) is 4.90. The average Bonchev–Trinajstić information content (AvgIpc) is 2.31. The average molecular weight is 250 g/mol. The van der Waals surface area contributed by atoms with Gasteiger partial charge < -0.3 is 9.84 Å². The number of ether oxygens (including phenoxy) is 1. The fourth-order valence-corrected chi connectivity index (χ4v) is 1.21. The Balaban J connectivity index is 2.70. The lowest BCUT2D eigenvalue weighted by molar-refractivity contribution is 0.0858. The fraction of sp³-hybridized carbons (Fsp3) is 0.333. The molecule has 6 nitrogen and oxygen atoms in total. The molecule has 1 unspecified atom stereocenters. The van der Waals surface area contributed by atoms with E-state index in [-0.39, 0.29) is 6.61 Å². The van der Waals surface area contributed by atoms with E-state index in [9.17, 15) is 9.59 Å². The second-order valence-electron chi connectivity index (χ2n) is 3.78. The predicted octanol–water partition coefficient (Wildman–Crippen LogP) is 1.89. The largest absolute Gasteiger partial charge is 0.447 e. The lowest BCUT2D eigenvalue weighted by Crippen LogP contribution is -2.19. The van der Waals surface area contributed by atoms with Gasteiger partial charge in [0.2, 0.25) is 6.08 Å². The first-order chi connectivity index (χ1) is 8.52. The van der Waals surface area contributed by atoms with Crippen molar-refractivity contribution in [1.82, 2.24) is 0 Å². The van der Waals surface area contributed by atoms with E-state index in [2.05, 4.69) is 10.3 Å². The summed E-state index contributed by atoms with van der Waals surface area (Å²) in [5.74, 6) is 0. The van der Waals surface area contributed by atoms with Gasteiger partial charge in [0, 0.05) is 5.69 Å². The number of aliphatic imine (C=N–C) groups is 1. The number of carbonyl (C=O) groups excluding carboxylic acids is 2. The van der Waals surface area contributed by atoms with E-state index in [1.807, 2.05) is 0 Å². The van der Waals surface area contributed by atoms with Gasteiger partial charge in [0.15, 0.2) is 0 Å². The lowest BCUT2D eigenvalue weighted by Gasteiger charge is -2.09. The summed E-state index contributed by atoms with van der Waals surface area (Å²) in [6.07, 6.45) is 0.0451. The Morgan fingerprint density at radius 2 is 2.33 bits per heavy atom. The number of hydrogen-bond acceptors (Lipinski definition) is 5. The first-order valence-corrected chi connectivity index (χ1v) is 5.33. The summed E-state index contributed by atoms with van der Waals surface area (Å²) in [6.45, 7) is 3.21. The smallest absolute Gasteiger partial charge is 0.411 e. The number of nitrogens with one attached hydrogen (secondary N) is 1. The summed E-state index contributed by atoms with van der Waals surface area (Å²) in [7, 11) is 0. The Labute approximate surface area is 104 Å². The maximum absolute atomic E-state index is 11.3. The molecular formula is C12H14N2O4.